The van der Waals surface area contributed by atoms with Gasteiger partial charge in [0.25, 0.3) is 0 Å². The molecule has 2 N–H and O–H groups in total. The minimum absolute atomic E-state index is 0.740. The van der Waals surface area contributed by atoms with Crippen LogP contribution in [-0.4, -0.2) is 0 Å². The Bertz CT molecular complexity index is 648. The van der Waals surface area contributed by atoms with E-state index in [1.54, 1.807) is 6.26 Å². The Kier molecular flexibility index (Phi) is 3.80. The zero-order valence-corrected chi connectivity index (χ0v) is 11.0. The average molecular weight is 264 g/mol. The molecule has 20 heavy (non-hydrogen) atoms. The van der Waals surface area contributed by atoms with Crippen LogP contribution in [-0.2, 0) is 6.54 Å². The SMILES string of the molecule is c1ccc(NNCc2cccc(-c3ccco3)c2)cc1. The predicted octanol–water partition coefficient (Wildman–Crippen LogP) is 4.06. The summed E-state index contributed by atoms with van der Waals surface area (Å²) in [6.45, 7) is 0.740. The molecule has 100 valence electrons. The summed E-state index contributed by atoms with van der Waals surface area (Å²) in [5.41, 5.74) is 9.72. The maximum absolute atomic E-state index is 5.41. The lowest BCUT2D eigenvalue weighted by molar-refractivity contribution is 0.582. The largest absolute Gasteiger partial charge is 0.464 e. The number of furan rings is 1. The molecule has 0 atom stereocenters. The van der Waals surface area contributed by atoms with Gasteiger partial charge in [0.1, 0.15) is 5.76 Å². The summed E-state index contributed by atoms with van der Waals surface area (Å²) in [6, 6.07) is 22.2. The molecule has 0 fully saturated rings. The van der Waals surface area contributed by atoms with Crippen LogP contribution < -0.4 is 10.9 Å². The summed E-state index contributed by atoms with van der Waals surface area (Å²) >= 11 is 0. The zero-order valence-electron chi connectivity index (χ0n) is 11.0. The van der Waals surface area contributed by atoms with Crippen molar-refractivity contribution in [3.63, 3.8) is 0 Å². The van der Waals surface area contributed by atoms with E-state index >= 15 is 0 Å². The predicted molar refractivity (Wildman–Crippen MR) is 81.0 cm³/mol. The molecular weight excluding hydrogens is 248 g/mol. The fraction of sp³-hybridized carbons (Fsp3) is 0.0588. The second-order valence-corrected chi connectivity index (χ2v) is 4.52. The Morgan fingerprint density at radius 3 is 2.55 bits per heavy atom. The molecular formula is C17H16N2O. The quantitative estimate of drug-likeness (QED) is 0.682. The lowest BCUT2D eigenvalue weighted by Gasteiger charge is -2.09. The van der Waals surface area contributed by atoms with Crippen LogP contribution in [0.15, 0.2) is 77.4 Å². The van der Waals surface area contributed by atoms with Crippen molar-refractivity contribution in [1.82, 2.24) is 5.43 Å². The topological polar surface area (TPSA) is 37.2 Å². The molecule has 1 aromatic heterocycles. The van der Waals surface area contributed by atoms with Crippen LogP contribution in [0.2, 0.25) is 0 Å². The Morgan fingerprint density at radius 2 is 1.75 bits per heavy atom. The summed E-state index contributed by atoms with van der Waals surface area (Å²) in [4.78, 5) is 0. The van der Waals surface area contributed by atoms with Gasteiger partial charge >= 0.3 is 0 Å². The zero-order chi connectivity index (χ0) is 13.6. The van der Waals surface area contributed by atoms with E-state index < -0.39 is 0 Å². The van der Waals surface area contributed by atoms with Gasteiger partial charge in [-0.1, -0.05) is 36.4 Å². The molecule has 3 nitrogen and oxygen atoms in total. The molecule has 0 aliphatic heterocycles. The van der Waals surface area contributed by atoms with E-state index in [1.807, 2.05) is 54.6 Å². The van der Waals surface area contributed by atoms with Gasteiger partial charge in [-0.2, -0.15) is 0 Å². The monoisotopic (exact) mass is 264 g/mol. The third-order valence-corrected chi connectivity index (χ3v) is 3.03. The third kappa shape index (κ3) is 3.08. The number of nitrogens with one attached hydrogen (secondary N) is 2. The first-order chi connectivity index (χ1) is 9.92. The highest BCUT2D eigenvalue weighted by molar-refractivity contribution is 5.58. The lowest BCUT2D eigenvalue weighted by atomic mass is 10.1. The van der Waals surface area contributed by atoms with E-state index in [1.165, 1.54) is 5.56 Å². The Hall–Kier alpha value is -2.52. The highest BCUT2D eigenvalue weighted by Crippen LogP contribution is 2.20. The van der Waals surface area contributed by atoms with Gasteiger partial charge in [0.15, 0.2) is 0 Å². The number of para-hydroxylation sites is 1. The fourth-order valence-corrected chi connectivity index (χ4v) is 2.05. The first-order valence-electron chi connectivity index (χ1n) is 6.58. The molecule has 3 heteroatoms. The van der Waals surface area contributed by atoms with Crippen LogP contribution in [0.25, 0.3) is 11.3 Å². The number of anilines is 1. The maximum atomic E-state index is 5.41. The van der Waals surface area contributed by atoms with E-state index in [4.69, 9.17) is 4.42 Å². The maximum Gasteiger partial charge on any atom is 0.133 e. The molecule has 2 aromatic carbocycles. The smallest absolute Gasteiger partial charge is 0.133 e. The van der Waals surface area contributed by atoms with Gasteiger partial charge in [0, 0.05) is 17.8 Å². The average Bonchev–Trinajstić information content (AvgIpc) is 3.03. The molecule has 0 amide bonds. The molecule has 0 unspecified atom stereocenters. The van der Waals surface area contributed by atoms with Crippen LogP contribution >= 0.6 is 0 Å². The van der Waals surface area contributed by atoms with E-state index in [9.17, 15) is 0 Å². The molecule has 3 aromatic rings. The normalized spacial score (nSPS) is 10.4. The molecule has 0 aliphatic rings. The fourth-order valence-electron chi connectivity index (χ4n) is 2.05. The molecule has 0 radical (unpaired) electrons. The minimum atomic E-state index is 0.740. The standard InChI is InChI=1S/C17H16N2O/c1-2-8-16(9-3-1)19-18-13-14-6-4-7-15(12-14)17-10-5-11-20-17/h1-12,18-19H,13H2. The van der Waals surface area contributed by atoms with Crippen molar-refractivity contribution in [2.75, 3.05) is 5.43 Å². The van der Waals surface area contributed by atoms with Gasteiger partial charge < -0.3 is 9.84 Å². The lowest BCUT2D eigenvalue weighted by Crippen LogP contribution is -2.20. The van der Waals surface area contributed by atoms with Crippen molar-refractivity contribution in [1.29, 1.82) is 0 Å². The number of hydrogen-bond acceptors (Lipinski definition) is 3. The van der Waals surface area contributed by atoms with Crippen molar-refractivity contribution >= 4 is 5.69 Å². The van der Waals surface area contributed by atoms with Crippen molar-refractivity contribution in [3.05, 3.63) is 78.6 Å². The molecule has 3 rings (SSSR count). The first-order valence-corrected chi connectivity index (χ1v) is 6.58. The molecule has 0 saturated carbocycles. The van der Waals surface area contributed by atoms with Gasteiger partial charge in [-0.3, -0.25) is 0 Å². The molecule has 0 saturated heterocycles. The van der Waals surface area contributed by atoms with E-state index in [2.05, 4.69) is 23.0 Å². The van der Waals surface area contributed by atoms with Crippen LogP contribution in [0.5, 0.6) is 0 Å². The number of benzene rings is 2. The van der Waals surface area contributed by atoms with Gasteiger partial charge in [-0.25, -0.2) is 5.43 Å². The van der Waals surface area contributed by atoms with Gasteiger partial charge in [-0.05, 0) is 35.9 Å². The molecule has 0 bridgehead atoms. The van der Waals surface area contributed by atoms with E-state index in [0.29, 0.717) is 0 Å². The van der Waals surface area contributed by atoms with Gasteiger partial charge in [0.2, 0.25) is 0 Å². The van der Waals surface area contributed by atoms with Crippen LogP contribution in [0.1, 0.15) is 5.56 Å². The van der Waals surface area contributed by atoms with Crippen molar-refractivity contribution in [2.24, 2.45) is 0 Å². The van der Waals surface area contributed by atoms with Gasteiger partial charge in [-0.15, -0.1) is 0 Å². The second-order valence-electron chi connectivity index (χ2n) is 4.52. The summed E-state index contributed by atoms with van der Waals surface area (Å²) in [7, 11) is 0. The van der Waals surface area contributed by atoms with Crippen molar-refractivity contribution in [3.8, 4) is 11.3 Å². The van der Waals surface area contributed by atoms with Crippen LogP contribution in [0.4, 0.5) is 5.69 Å². The number of hydrazine groups is 1. The summed E-state index contributed by atoms with van der Waals surface area (Å²) in [6.07, 6.45) is 1.69. The number of hydrogen-bond donors (Lipinski definition) is 2. The van der Waals surface area contributed by atoms with Crippen LogP contribution in [0.3, 0.4) is 0 Å². The molecule has 0 spiro atoms. The van der Waals surface area contributed by atoms with Gasteiger partial charge in [0.05, 0.1) is 6.26 Å². The van der Waals surface area contributed by atoms with E-state index in [-0.39, 0.29) is 0 Å². The highest BCUT2D eigenvalue weighted by atomic mass is 16.3. The third-order valence-electron chi connectivity index (χ3n) is 3.03. The van der Waals surface area contributed by atoms with Crippen molar-refractivity contribution < 1.29 is 4.42 Å². The first kappa shape index (κ1) is 12.5. The number of rotatable bonds is 5. The summed E-state index contributed by atoms with van der Waals surface area (Å²) < 4.78 is 5.41. The highest BCUT2D eigenvalue weighted by Gasteiger charge is 2.01. The Morgan fingerprint density at radius 1 is 0.850 bits per heavy atom. The summed E-state index contributed by atoms with van der Waals surface area (Å²) in [5.74, 6) is 0.892. The minimum Gasteiger partial charge on any atom is -0.464 e. The summed E-state index contributed by atoms with van der Waals surface area (Å²) in [5, 5.41) is 0. The van der Waals surface area contributed by atoms with Crippen molar-refractivity contribution in [2.45, 2.75) is 6.54 Å². The van der Waals surface area contributed by atoms with Crippen LogP contribution in [0, 0.1) is 0 Å². The molecule has 1 heterocycles. The Balaban J connectivity index is 1.62. The second kappa shape index (κ2) is 6.08. The Labute approximate surface area is 118 Å². The molecule has 0 aliphatic carbocycles. The van der Waals surface area contributed by atoms with E-state index in [0.717, 1.165) is 23.6 Å².